The van der Waals surface area contributed by atoms with Crippen LogP contribution in [0.25, 0.3) is 20.7 Å². The Morgan fingerprint density at radius 3 is 2.78 bits per heavy atom. The molecule has 4 aromatic rings. The number of anilines is 2. The lowest BCUT2D eigenvalue weighted by Gasteiger charge is -2.13. The van der Waals surface area contributed by atoms with E-state index in [-0.39, 0.29) is 0 Å². The van der Waals surface area contributed by atoms with Gasteiger partial charge in [-0.2, -0.15) is 10.4 Å². The monoisotopic (exact) mass is 415 g/mol. The normalized spacial score (nSPS) is 10.7. The van der Waals surface area contributed by atoms with Crippen LogP contribution in [0, 0.1) is 11.3 Å². The number of aromatic amines is 1. The fourth-order valence-corrected chi connectivity index (χ4v) is 4.24. The number of hydrogen-bond donors (Lipinski definition) is 2. The van der Waals surface area contributed by atoms with Gasteiger partial charge in [0.05, 0.1) is 50.5 Å². The highest BCUT2D eigenvalue weighted by molar-refractivity contribution is 7.22. The van der Waals surface area contributed by atoms with Gasteiger partial charge in [0.15, 0.2) is 0 Å². The Labute approximate surface area is 168 Å². The third kappa shape index (κ3) is 3.19. The van der Waals surface area contributed by atoms with Crippen LogP contribution in [0.3, 0.4) is 0 Å². The van der Waals surface area contributed by atoms with Crippen LogP contribution < -0.4 is 10.1 Å². The molecular formula is C18H11Cl2N5OS. The molecule has 0 radical (unpaired) electrons. The number of pyridine rings is 1. The van der Waals surface area contributed by atoms with Crippen LogP contribution >= 0.6 is 34.5 Å². The number of benzene rings is 1. The minimum Gasteiger partial charge on any atom is -0.495 e. The van der Waals surface area contributed by atoms with Gasteiger partial charge < -0.3 is 10.1 Å². The Morgan fingerprint density at radius 1 is 1.22 bits per heavy atom. The molecule has 1 aromatic carbocycles. The van der Waals surface area contributed by atoms with Crippen molar-refractivity contribution in [2.24, 2.45) is 0 Å². The fraction of sp³-hybridized carbons (Fsp3) is 0.0556. The molecule has 0 aliphatic rings. The first-order chi connectivity index (χ1) is 13.1. The lowest BCUT2D eigenvalue weighted by molar-refractivity contribution is 0.415. The predicted molar refractivity (Wildman–Crippen MR) is 108 cm³/mol. The van der Waals surface area contributed by atoms with Crippen LogP contribution in [-0.2, 0) is 0 Å². The first-order valence-electron chi connectivity index (χ1n) is 7.72. The molecule has 6 nitrogen and oxygen atoms in total. The smallest absolute Gasteiger partial charge is 0.139 e. The summed E-state index contributed by atoms with van der Waals surface area (Å²) < 4.78 is 6.10. The highest BCUT2D eigenvalue weighted by atomic mass is 35.5. The fourth-order valence-electron chi connectivity index (χ4n) is 2.63. The van der Waals surface area contributed by atoms with Crippen LogP contribution in [0.2, 0.25) is 10.0 Å². The number of hydrogen-bond acceptors (Lipinski definition) is 6. The molecular weight excluding hydrogens is 405 g/mol. The number of nitriles is 1. The zero-order valence-corrected chi connectivity index (χ0v) is 16.2. The van der Waals surface area contributed by atoms with Crippen molar-refractivity contribution in [1.29, 1.82) is 5.26 Å². The number of methoxy groups -OCH3 is 1. The molecule has 3 aromatic heterocycles. The van der Waals surface area contributed by atoms with Gasteiger partial charge in [0, 0.05) is 28.9 Å². The standard InChI is InChI=1S/C18H11Cl2N5OS/c1-26-15-3-13(11(19)2-12(15)20)25-17-9(5-21)6-22-14-4-16(27-18(14)17)10-7-23-24-8-10/h2-4,6-8H,1H3,(H,22,25)(H,23,24). The van der Waals surface area contributed by atoms with Crippen LogP contribution in [0.1, 0.15) is 5.56 Å². The van der Waals surface area contributed by atoms with Crippen molar-refractivity contribution in [3.63, 3.8) is 0 Å². The Balaban J connectivity index is 1.87. The number of fused-ring (bicyclic) bond motifs is 1. The van der Waals surface area contributed by atoms with Gasteiger partial charge in [-0.1, -0.05) is 23.2 Å². The van der Waals surface area contributed by atoms with Crippen molar-refractivity contribution in [3.05, 3.63) is 52.4 Å². The third-order valence-corrected chi connectivity index (χ3v) is 5.74. The summed E-state index contributed by atoms with van der Waals surface area (Å²) in [5.74, 6) is 0.484. The maximum absolute atomic E-state index is 9.54. The maximum Gasteiger partial charge on any atom is 0.139 e. The molecule has 4 rings (SSSR count). The van der Waals surface area contributed by atoms with Crippen molar-refractivity contribution in [1.82, 2.24) is 15.2 Å². The summed E-state index contributed by atoms with van der Waals surface area (Å²) in [4.78, 5) is 5.38. The van der Waals surface area contributed by atoms with Gasteiger partial charge in [0.2, 0.25) is 0 Å². The first kappa shape index (κ1) is 17.6. The van der Waals surface area contributed by atoms with E-state index in [1.165, 1.54) is 24.6 Å². The molecule has 0 fully saturated rings. The number of nitrogens with zero attached hydrogens (tertiary/aromatic N) is 3. The number of nitrogens with one attached hydrogen (secondary N) is 2. The zero-order valence-electron chi connectivity index (χ0n) is 13.9. The second-order valence-corrected chi connectivity index (χ2v) is 7.43. The summed E-state index contributed by atoms with van der Waals surface area (Å²) >= 11 is 14.0. The van der Waals surface area contributed by atoms with Crippen molar-refractivity contribution in [2.75, 3.05) is 12.4 Å². The van der Waals surface area contributed by atoms with Gasteiger partial charge in [0.1, 0.15) is 11.8 Å². The van der Waals surface area contributed by atoms with E-state index in [2.05, 4.69) is 26.6 Å². The molecule has 3 heterocycles. The SMILES string of the molecule is COc1cc(Nc2c(C#N)cnc3cc(-c4cn[nH]c4)sc23)c(Cl)cc1Cl. The molecule has 0 amide bonds. The molecule has 0 unspecified atom stereocenters. The molecule has 0 bridgehead atoms. The Morgan fingerprint density at radius 2 is 2.07 bits per heavy atom. The zero-order chi connectivity index (χ0) is 19.0. The maximum atomic E-state index is 9.54. The number of ether oxygens (including phenoxy) is 1. The lowest BCUT2D eigenvalue weighted by atomic mass is 10.2. The predicted octanol–water partition coefficient (Wildman–Crippen LogP) is 5.62. The highest BCUT2D eigenvalue weighted by Crippen LogP contribution is 2.41. The highest BCUT2D eigenvalue weighted by Gasteiger charge is 2.16. The van der Waals surface area contributed by atoms with Gasteiger partial charge >= 0.3 is 0 Å². The van der Waals surface area contributed by atoms with Gasteiger partial charge in [-0.25, -0.2) is 0 Å². The Kier molecular flexibility index (Phi) is 4.62. The van der Waals surface area contributed by atoms with E-state index in [0.717, 1.165) is 20.7 Å². The largest absolute Gasteiger partial charge is 0.495 e. The summed E-state index contributed by atoms with van der Waals surface area (Å²) in [6, 6.07) is 7.43. The molecule has 0 aliphatic carbocycles. The van der Waals surface area contributed by atoms with Gasteiger partial charge in [-0.3, -0.25) is 10.1 Å². The van der Waals surface area contributed by atoms with Crippen LogP contribution in [0.5, 0.6) is 5.75 Å². The quantitative estimate of drug-likeness (QED) is 0.451. The summed E-state index contributed by atoms with van der Waals surface area (Å²) in [6.07, 6.45) is 5.09. The van der Waals surface area contributed by atoms with E-state index >= 15 is 0 Å². The van der Waals surface area contributed by atoms with Crippen LogP contribution in [0.4, 0.5) is 11.4 Å². The van der Waals surface area contributed by atoms with Gasteiger partial charge in [0.25, 0.3) is 0 Å². The number of rotatable bonds is 4. The van der Waals surface area contributed by atoms with Gasteiger partial charge in [-0.15, -0.1) is 11.3 Å². The summed E-state index contributed by atoms with van der Waals surface area (Å²) in [5.41, 5.74) is 3.35. The van der Waals surface area contributed by atoms with Gasteiger partial charge in [-0.05, 0) is 12.1 Å². The van der Waals surface area contributed by atoms with E-state index in [1.807, 2.05) is 12.3 Å². The lowest BCUT2D eigenvalue weighted by Crippen LogP contribution is -1.97. The second-order valence-electron chi connectivity index (χ2n) is 5.56. The summed E-state index contributed by atoms with van der Waals surface area (Å²) in [5, 5.41) is 20.4. The molecule has 134 valence electrons. The van der Waals surface area contributed by atoms with E-state index in [0.29, 0.717) is 32.7 Å². The molecule has 0 saturated carbocycles. The molecule has 9 heteroatoms. The van der Waals surface area contributed by atoms with Crippen molar-refractivity contribution in [2.45, 2.75) is 0 Å². The second kappa shape index (κ2) is 7.08. The summed E-state index contributed by atoms with van der Waals surface area (Å²) in [6.45, 7) is 0. The van der Waals surface area contributed by atoms with Crippen LogP contribution in [-0.4, -0.2) is 22.3 Å². The van der Waals surface area contributed by atoms with Crippen molar-refractivity contribution < 1.29 is 4.74 Å². The molecule has 0 atom stereocenters. The Hall–Kier alpha value is -2.79. The third-order valence-electron chi connectivity index (χ3n) is 3.95. The first-order valence-corrected chi connectivity index (χ1v) is 9.29. The number of thiophene rings is 1. The van der Waals surface area contributed by atoms with E-state index in [1.54, 1.807) is 18.3 Å². The summed E-state index contributed by atoms with van der Waals surface area (Å²) in [7, 11) is 1.53. The van der Waals surface area contributed by atoms with E-state index < -0.39 is 0 Å². The molecule has 0 saturated heterocycles. The minimum absolute atomic E-state index is 0.409. The number of aromatic nitrogens is 3. The average molecular weight is 416 g/mol. The average Bonchev–Trinajstić information content (AvgIpc) is 3.33. The van der Waals surface area contributed by atoms with E-state index in [4.69, 9.17) is 27.9 Å². The molecule has 0 aliphatic heterocycles. The van der Waals surface area contributed by atoms with Crippen molar-refractivity contribution in [3.8, 4) is 22.3 Å². The Bertz CT molecular complexity index is 1180. The topological polar surface area (TPSA) is 86.6 Å². The number of halogens is 2. The minimum atomic E-state index is 0.409. The molecule has 27 heavy (non-hydrogen) atoms. The van der Waals surface area contributed by atoms with E-state index in [9.17, 15) is 5.26 Å². The van der Waals surface area contributed by atoms with Crippen molar-refractivity contribution >= 4 is 56.1 Å². The number of H-pyrrole nitrogens is 1. The molecule has 2 N–H and O–H groups in total. The molecule has 0 spiro atoms. The van der Waals surface area contributed by atoms with Crippen LogP contribution in [0.15, 0.2) is 36.8 Å².